The molecule has 0 radical (unpaired) electrons. The van der Waals surface area contributed by atoms with Crippen LogP contribution in [0, 0.1) is 0 Å². The number of hydrogen-bond acceptors (Lipinski definition) is 0. The molecule has 0 saturated heterocycles. The summed E-state index contributed by atoms with van der Waals surface area (Å²) in [5, 5.41) is 0. The van der Waals surface area contributed by atoms with Gasteiger partial charge in [0, 0.05) is 0 Å². The summed E-state index contributed by atoms with van der Waals surface area (Å²) in [6, 6.07) is 0. The number of rotatable bonds is 4. The highest BCUT2D eigenvalue weighted by Gasteiger charge is 1.91. The van der Waals surface area contributed by atoms with E-state index in [0.29, 0.717) is 0 Å². The maximum atomic E-state index is 3.75. The minimum atomic E-state index is 1.20. The molecule has 0 heteroatoms. The fourth-order valence-electron chi connectivity index (χ4n) is 1.11. The van der Waals surface area contributed by atoms with E-state index in [1.54, 1.807) is 0 Å². The third kappa shape index (κ3) is 4.17. The SMILES string of the molecule is C=C/C(C)=C(C)\C=C(\C)CCC. The van der Waals surface area contributed by atoms with Gasteiger partial charge in [-0.15, -0.1) is 0 Å². The Bertz CT molecular complexity index is 204. The van der Waals surface area contributed by atoms with Crippen molar-refractivity contribution in [3.05, 3.63) is 35.5 Å². The molecule has 0 unspecified atom stereocenters. The fourth-order valence-corrected chi connectivity index (χ4v) is 1.11. The van der Waals surface area contributed by atoms with Crippen LogP contribution < -0.4 is 0 Å². The lowest BCUT2D eigenvalue weighted by Gasteiger charge is -2.00. The van der Waals surface area contributed by atoms with Gasteiger partial charge < -0.3 is 0 Å². The maximum Gasteiger partial charge on any atom is -0.0322 e. The molecule has 0 heterocycles. The molecule has 0 aromatic carbocycles. The molecule has 0 fully saturated rings. The summed E-state index contributed by atoms with van der Waals surface area (Å²) < 4.78 is 0. The van der Waals surface area contributed by atoms with Crippen LogP contribution in [-0.2, 0) is 0 Å². The summed E-state index contributed by atoms with van der Waals surface area (Å²) in [5.41, 5.74) is 4.05. The maximum absolute atomic E-state index is 3.75. The molecule has 0 atom stereocenters. The summed E-state index contributed by atoms with van der Waals surface area (Å²) in [6.07, 6.45) is 6.58. The molecule has 12 heavy (non-hydrogen) atoms. The number of hydrogen-bond donors (Lipinski definition) is 0. The number of allylic oxidation sites excluding steroid dienone is 5. The van der Waals surface area contributed by atoms with E-state index >= 15 is 0 Å². The van der Waals surface area contributed by atoms with Gasteiger partial charge in [0.05, 0.1) is 0 Å². The first kappa shape index (κ1) is 11.2. The smallest absolute Gasteiger partial charge is 0.0322 e. The van der Waals surface area contributed by atoms with Gasteiger partial charge in [-0.25, -0.2) is 0 Å². The molecule has 0 saturated carbocycles. The fraction of sp³-hybridized carbons (Fsp3) is 0.500. The summed E-state index contributed by atoms with van der Waals surface area (Å²) in [5.74, 6) is 0. The Hall–Kier alpha value is -0.780. The van der Waals surface area contributed by atoms with Crippen molar-refractivity contribution >= 4 is 0 Å². The standard InChI is InChI=1S/C12H20/c1-6-8-10(3)9-12(5)11(4)7-2/h7,9H,2,6,8H2,1,3-5H3/b10-9-,12-11-. The lowest BCUT2D eigenvalue weighted by atomic mass is 10.1. The van der Waals surface area contributed by atoms with Crippen LogP contribution in [0.3, 0.4) is 0 Å². The Kier molecular flexibility index (Phi) is 5.44. The van der Waals surface area contributed by atoms with Gasteiger partial charge in [-0.05, 0) is 38.3 Å². The van der Waals surface area contributed by atoms with Gasteiger partial charge in [0.25, 0.3) is 0 Å². The first-order valence-electron chi connectivity index (χ1n) is 4.58. The van der Waals surface area contributed by atoms with Crippen molar-refractivity contribution in [3.63, 3.8) is 0 Å². The summed E-state index contributed by atoms with van der Waals surface area (Å²) in [4.78, 5) is 0. The van der Waals surface area contributed by atoms with Crippen LogP contribution in [-0.4, -0.2) is 0 Å². The van der Waals surface area contributed by atoms with Crippen LogP contribution >= 0.6 is 0 Å². The van der Waals surface area contributed by atoms with Gasteiger partial charge in [-0.3, -0.25) is 0 Å². The molecule has 0 rings (SSSR count). The second kappa shape index (κ2) is 5.82. The van der Waals surface area contributed by atoms with E-state index in [-0.39, 0.29) is 0 Å². The first-order chi connectivity index (χ1) is 5.61. The molecular formula is C12H20. The van der Waals surface area contributed by atoms with E-state index in [9.17, 15) is 0 Å². The van der Waals surface area contributed by atoms with Crippen LogP contribution in [0.25, 0.3) is 0 Å². The van der Waals surface area contributed by atoms with E-state index in [1.807, 2.05) is 6.08 Å². The highest BCUT2D eigenvalue weighted by atomic mass is 14.0. The van der Waals surface area contributed by atoms with Crippen LogP contribution in [0.4, 0.5) is 0 Å². The highest BCUT2D eigenvalue weighted by Crippen LogP contribution is 2.11. The van der Waals surface area contributed by atoms with E-state index in [0.717, 1.165) is 0 Å². The normalized spacial score (nSPS) is 14.2. The summed E-state index contributed by atoms with van der Waals surface area (Å²) >= 11 is 0. The molecule has 0 aromatic heterocycles. The third-order valence-corrected chi connectivity index (χ3v) is 2.04. The van der Waals surface area contributed by atoms with Crippen molar-refractivity contribution in [3.8, 4) is 0 Å². The molecule has 68 valence electrons. The molecule has 0 bridgehead atoms. The van der Waals surface area contributed by atoms with Gasteiger partial charge in [-0.1, -0.05) is 37.6 Å². The van der Waals surface area contributed by atoms with E-state index in [4.69, 9.17) is 0 Å². The third-order valence-electron chi connectivity index (χ3n) is 2.04. The molecule has 0 aliphatic rings. The van der Waals surface area contributed by atoms with Crippen molar-refractivity contribution in [2.75, 3.05) is 0 Å². The van der Waals surface area contributed by atoms with Crippen molar-refractivity contribution in [1.29, 1.82) is 0 Å². The monoisotopic (exact) mass is 164 g/mol. The lowest BCUT2D eigenvalue weighted by Crippen LogP contribution is -1.80. The Labute approximate surface area is 76.7 Å². The largest absolute Gasteiger partial charge is 0.0988 e. The van der Waals surface area contributed by atoms with Crippen LogP contribution in [0.2, 0.25) is 0 Å². The van der Waals surface area contributed by atoms with Crippen molar-refractivity contribution in [1.82, 2.24) is 0 Å². The van der Waals surface area contributed by atoms with Crippen LogP contribution in [0.5, 0.6) is 0 Å². The first-order valence-corrected chi connectivity index (χ1v) is 4.58. The summed E-state index contributed by atoms with van der Waals surface area (Å²) in [6.45, 7) is 12.4. The molecule has 0 N–H and O–H groups in total. The topological polar surface area (TPSA) is 0 Å². The minimum absolute atomic E-state index is 1.20. The van der Waals surface area contributed by atoms with Crippen molar-refractivity contribution < 1.29 is 0 Å². The average Bonchev–Trinajstić information content (AvgIpc) is 2.03. The van der Waals surface area contributed by atoms with Crippen molar-refractivity contribution in [2.45, 2.75) is 40.5 Å². The Morgan fingerprint density at radius 1 is 1.17 bits per heavy atom. The Morgan fingerprint density at radius 3 is 2.17 bits per heavy atom. The van der Waals surface area contributed by atoms with Gasteiger partial charge in [-0.2, -0.15) is 0 Å². The second-order valence-electron chi connectivity index (χ2n) is 3.31. The lowest BCUT2D eigenvalue weighted by molar-refractivity contribution is 0.903. The van der Waals surface area contributed by atoms with E-state index in [2.05, 4.69) is 40.3 Å². The van der Waals surface area contributed by atoms with Crippen LogP contribution in [0.15, 0.2) is 35.5 Å². The van der Waals surface area contributed by atoms with Crippen LogP contribution in [0.1, 0.15) is 40.5 Å². The molecule has 0 aliphatic heterocycles. The predicted octanol–water partition coefficient (Wildman–Crippen LogP) is 4.26. The van der Waals surface area contributed by atoms with Gasteiger partial charge in [0.2, 0.25) is 0 Å². The van der Waals surface area contributed by atoms with Gasteiger partial charge in [0.1, 0.15) is 0 Å². The van der Waals surface area contributed by atoms with Gasteiger partial charge in [0.15, 0.2) is 0 Å². The zero-order chi connectivity index (χ0) is 9.56. The van der Waals surface area contributed by atoms with E-state index in [1.165, 1.54) is 29.6 Å². The molecule has 0 spiro atoms. The quantitative estimate of drug-likeness (QED) is 0.545. The summed E-state index contributed by atoms with van der Waals surface area (Å²) in [7, 11) is 0. The average molecular weight is 164 g/mol. The zero-order valence-corrected chi connectivity index (χ0v) is 8.78. The Balaban J connectivity index is 4.41. The molecule has 0 aromatic rings. The second-order valence-corrected chi connectivity index (χ2v) is 3.31. The molecule has 0 amide bonds. The highest BCUT2D eigenvalue weighted by molar-refractivity contribution is 5.30. The van der Waals surface area contributed by atoms with Gasteiger partial charge >= 0.3 is 0 Å². The molecule has 0 aliphatic carbocycles. The zero-order valence-electron chi connectivity index (χ0n) is 8.78. The Morgan fingerprint density at radius 2 is 1.75 bits per heavy atom. The van der Waals surface area contributed by atoms with E-state index < -0.39 is 0 Å². The molecular weight excluding hydrogens is 144 g/mol. The predicted molar refractivity (Wildman–Crippen MR) is 57.2 cm³/mol. The van der Waals surface area contributed by atoms with Crippen molar-refractivity contribution in [2.24, 2.45) is 0 Å². The minimum Gasteiger partial charge on any atom is -0.0988 e. The molecule has 0 nitrogen and oxygen atoms in total.